The SMILES string of the molecule is C=CC(=O)Nc1cc(Nc2cc(N3OCC[C@@H]3Cc3cccc(Cl)c3F)ncn2)c(OC)cc1N(C)CCN(C)C. The average molecular weight is 584 g/mol. The van der Waals surface area contributed by atoms with Crippen molar-refractivity contribution in [2.24, 2.45) is 0 Å². The van der Waals surface area contributed by atoms with Crippen LogP contribution in [0.15, 0.2) is 55.4 Å². The van der Waals surface area contributed by atoms with Gasteiger partial charge in [-0.2, -0.15) is 0 Å². The molecule has 1 aromatic heterocycles. The molecule has 2 N–H and O–H groups in total. The first-order chi connectivity index (χ1) is 19.7. The van der Waals surface area contributed by atoms with Crippen molar-refractivity contribution in [2.45, 2.75) is 18.9 Å². The third-order valence-corrected chi connectivity index (χ3v) is 6.99. The highest BCUT2D eigenvalue weighted by molar-refractivity contribution is 6.30. The molecule has 2 aromatic carbocycles. The van der Waals surface area contributed by atoms with Crippen LogP contribution in [0.4, 0.5) is 33.1 Å². The molecule has 0 radical (unpaired) electrons. The Bertz CT molecular complexity index is 1390. The normalized spacial score (nSPS) is 14.7. The smallest absolute Gasteiger partial charge is 0.247 e. The largest absolute Gasteiger partial charge is 0.494 e. The fraction of sp³-hybridized carbons (Fsp3) is 0.345. The first kappa shape index (κ1) is 30.0. The van der Waals surface area contributed by atoms with Gasteiger partial charge >= 0.3 is 0 Å². The first-order valence-electron chi connectivity index (χ1n) is 13.2. The number of methoxy groups -OCH3 is 1. The van der Waals surface area contributed by atoms with Crippen LogP contribution in [0.5, 0.6) is 5.75 Å². The molecule has 1 aliphatic heterocycles. The minimum absolute atomic E-state index is 0.0917. The summed E-state index contributed by atoms with van der Waals surface area (Å²) < 4.78 is 20.3. The van der Waals surface area contributed by atoms with E-state index < -0.39 is 5.82 Å². The van der Waals surface area contributed by atoms with Gasteiger partial charge in [0.15, 0.2) is 5.82 Å². The molecule has 0 aliphatic carbocycles. The first-order valence-corrected chi connectivity index (χ1v) is 13.5. The number of hydroxylamine groups is 1. The van der Waals surface area contributed by atoms with Crippen LogP contribution in [0.1, 0.15) is 12.0 Å². The zero-order valence-electron chi connectivity index (χ0n) is 23.7. The Morgan fingerprint density at radius 2 is 2.05 bits per heavy atom. The lowest BCUT2D eigenvalue weighted by Crippen LogP contribution is -2.31. The fourth-order valence-corrected chi connectivity index (χ4v) is 4.68. The molecule has 0 unspecified atom stereocenters. The van der Waals surface area contributed by atoms with Gasteiger partial charge in [0.05, 0.1) is 41.8 Å². The van der Waals surface area contributed by atoms with Crippen molar-refractivity contribution in [3.63, 3.8) is 0 Å². The molecule has 1 saturated heterocycles. The van der Waals surface area contributed by atoms with Crippen LogP contribution in [-0.4, -0.2) is 74.8 Å². The van der Waals surface area contributed by atoms with Gasteiger partial charge in [-0.25, -0.2) is 19.4 Å². The van der Waals surface area contributed by atoms with Gasteiger partial charge < -0.3 is 25.2 Å². The summed E-state index contributed by atoms with van der Waals surface area (Å²) in [5.74, 6) is 0.799. The number of hydrogen-bond acceptors (Lipinski definition) is 9. The maximum Gasteiger partial charge on any atom is 0.247 e. The van der Waals surface area contributed by atoms with Gasteiger partial charge in [0.25, 0.3) is 0 Å². The van der Waals surface area contributed by atoms with Crippen LogP contribution in [0, 0.1) is 5.82 Å². The molecule has 1 atom stereocenters. The Kier molecular flexibility index (Phi) is 9.98. The highest BCUT2D eigenvalue weighted by Gasteiger charge is 2.29. The monoisotopic (exact) mass is 583 g/mol. The Labute approximate surface area is 244 Å². The summed E-state index contributed by atoms with van der Waals surface area (Å²) >= 11 is 5.99. The van der Waals surface area contributed by atoms with E-state index in [0.717, 1.165) is 18.8 Å². The van der Waals surface area contributed by atoms with Gasteiger partial charge in [-0.15, -0.1) is 0 Å². The predicted octanol–water partition coefficient (Wildman–Crippen LogP) is 4.90. The second kappa shape index (κ2) is 13.6. The van der Waals surface area contributed by atoms with Crippen molar-refractivity contribution < 1.29 is 18.8 Å². The Balaban J connectivity index is 1.60. The molecule has 0 saturated carbocycles. The van der Waals surface area contributed by atoms with E-state index in [2.05, 4.69) is 32.1 Å². The van der Waals surface area contributed by atoms with E-state index >= 15 is 0 Å². The molecule has 4 rings (SSSR count). The number of anilines is 5. The lowest BCUT2D eigenvalue weighted by atomic mass is 10.0. The number of likely N-dealkylation sites (N-methyl/N-ethyl adjacent to an activating group) is 2. The quantitative estimate of drug-likeness (QED) is 0.289. The number of nitrogens with zero attached hydrogens (tertiary/aromatic N) is 5. The van der Waals surface area contributed by atoms with Crippen LogP contribution in [0.25, 0.3) is 0 Å². The lowest BCUT2D eigenvalue weighted by Gasteiger charge is -2.26. The molecule has 3 aromatic rings. The number of aromatic nitrogens is 2. The summed E-state index contributed by atoms with van der Waals surface area (Å²) in [5, 5.41) is 7.94. The summed E-state index contributed by atoms with van der Waals surface area (Å²) in [7, 11) is 7.54. The number of ether oxygens (including phenoxy) is 1. The Morgan fingerprint density at radius 3 is 2.78 bits per heavy atom. The number of rotatable bonds is 12. The molecule has 218 valence electrons. The van der Waals surface area contributed by atoms with E-state index in [9.17, 15) is 9.18 Å². The van der Waals surface area contributed by atoms with Crippen molar-refractivity contribution in [3.8, 4) is 5.75 Å². The summed E-state index contributed by atoms with van der Waals surface area (Å²) in [6.07, 6.45) is 3.75. The maximum absolute atomic E-state index is 14.6. The predicted molar refractivity (Wildman–Crippen MR) is 161 cm³/mol. The van der Waals surface area contributed by atoms with E-state index in [0.29, 0.717) is 53.8 Å². The Hall–Kier alpha value is -3.93. The van der Waals surface area contributed by atoms with Crippen LogP contribution in [-0.2, 0) is 16.1 Å². The van der Waals surface area contributed by atoms with Gasteiger partial charge in [-0.05, 0) is 50.7 Å². The molecule has 2 heterocycles. The molecule has 1 aliphatic rings. The van der Waals surface area contributed by atoms with Crippen LogP contribution < -0.4 is 25.3 Å². The van der Waals surface area contributed by atoms with Crippen molar-refractivity contribution in [3.05, 3.63) is 71.8 Å². The lowest BCUT2D eigenvalue weighted by molar-refractivity contribution is -0.111. The zero-order valence-corrected chi connectivity index (χ0v) is 24.4. The van der Waals surface area contributed by atoms with E-state index in [1.165, 1.54) is 18.5 Å². The molecule has 12 heteroatoms. The van der Waals surface area contributed by atoms with Crippen LogP contribution in [0.3, 0.4) is 0 Å². The fourth-order valence-electron chi connectivity index (χ4n) is 4.49. The van der Waals surface area contributed by atoms with Gasteiger partial charge in [-0.1, -0.05) is 30.3 Å². The number of halogens is 2. The second-order valence-electron chi connectivity index (χ2n) is 9.89. The van der Waals surface area contributed by atoms with E-state index in [1.807, 2.05) is 32.1 Å². The Morgan fingerprint density at radius 1 is 1.24 bits per heavy atom. The molecular formula is C29H35ClFN7O3. The molecular weight excluding hydrogens is 549 g/mol. The number of nitrogens with one attached hydrogen (secondary N) is 2. The highest BCUT2D eigenvalue weighted by atomic mass is 35.5. The minimum atomic E-state index is -0.423. The summed E-state index contributed by atoms with van der Waals surface area (Å²) in [5.41, 5.74) is 2.47. The third kappa shape index (κ3) is 7.43. The maximum atomic E-state index is 14.6. The number of carbonyl (C=O) groups is 1. The molecule has 0 spiro atoms. The van der Waals surface area contributed by atoms with Crippen molar-refractivity contribution >= 4 is 46.2 Å². The van der Waals surface area contributed by atoms with Gasteiger partial charge in [0, 0.05) is 32.3 Å². The van der Waals surface area contributed by atoms with E-state index in [1.54, 1.807) is 36.4 Å². The van der Waals surface area contributed by atoms with Crippen LogP contribution >= 0.6 is 11.6 Å². The molecule has 1 fully saturated rings. The van der Waals surface area contributed by atoms with Gasteiger partial charge in [0.1, 0.15) is 23.7 Å². The van der Waals surface area contributed by atoms with Crippen molar-refractivity contribution in [1.82, 2.24) is 14.9 Å². The van der Waals surface area contributed by atoms with Crippen molar-refractivity contribution in [1.29, 1.82) is 0 Å². The summed E-state index contributed by atoms with van der Waals surface area (Å²) in [4.78, 5) is 31.0. The van der Waals surface area contributed by atoms with E-state index in [4.69, 9.17) is 21.2 Å². The molecule has 1 amide bonds. The number of amides is 1. The highest BCUT2D eigenvalue weighted by Crippen LogP contribution is 2.38. The number of benzene rings is 2. The molecule has 10 nitrogen and oxygen atoms in total. The van der Waals surface area contributed by atoms with E-state index in [-0.39, 0.29) is 17.0 Å². The third-order valence-electron chi connectivity index (χ3n) is 6.70. The minimum Gasteiger partial charge on any atom is -0.494 e. The second-order valence-corrected chi connectivity index (χ2v) is 10.3. The van der Waals surface area contributed by atoms with Gasteiger partial charge in [0.2, 0.25) is 5.91 Å². The van der Waals surface area contributed by atoms with Crippen molar-refractivity contribution in [2.75, 3.05) is 68.5 Å². The molecule has 41 heavy (non-hydrogen) atoms. The molecule has 0 bridgehead atoms. The summed E-state index contributed by atoms with van der Waals surface area (Å²) in [6, 6.07) is 10.2. The van der Waals surface area contributed by atoms with Gasteiger partial charge in [-0.3, -0.25) is 9.63 Å². The van der Waals surface area contributed by atoms with Crippen LogP contribution in [0.2, 0.25) is 5.02 Å². The zero-order chi connectivity index (χ0) is 29.5. The number of carbonyl (C=O) groups excluding carboxylic acids is 1. The number of hydrogen-bond donors (Lipinski definition) is 2. The summed E-state index contributed by atoms with van der Waals surface area (Å²) in [6.45, 7) is 5.59. The topological polar surface area (TPSA) is 95.1 Å². The average Bonchev–Trinajstić information content (AvgIpc) is 3.42. The standard InChI is InChI=1S/C29H35ClFN7O3/c1-6-28(39)35-22-15-23(25(40-5)16-24(22)37(4)12-11-36(2)3)34-26-17-27(33-18-32-26)38-20(10-13-41-38)14-19-8-7-9-21(30)29(19)31/h6-9,15-18,20H,1,10-14H2,2-5H3,(H,35,39)(H,32,33,34)/t20-/m1/s1.